The lowest BCUT2D eigenvalue weighted by atomic mass is 10.9. The monoisotopic (exact) mass is 186 g/mol. The molecule has 0 radical (unpaired) electrons. The molecular weight excluding hydrogens is 180 g/mol. The van der Waals surface area contributed by atoms with E-state index in [0.717, 1.165) is 4.90 Å². The van der Waals surface area contributed by atoms with E-state index in [0.29, 0.717) is 0 Å². The van der Waals surface area contributed by atoms with Crippen LogP contribution in [-0.4, -0.2) is 33.4 Å². The molecule has 0 aromatic rings. The van der Waals surface area contributed by atoms with Gasteiger partial charge < -0.3 is 4.90 Å². The van der Waals surface area contributed by atoms with E-state index in [2.05, 4.69) is 4.36 Å². The van der Waals surface area contributed by atoms with Gasteiger partial charge in [-0.3, -0.25) is 0 Å². The molecule has 0 aliphatic rings. The minimum Gasteiger partial charge on any atom is -0.328 e. The van der Waals surface area contributed by atoms with Gasteiger partial charge in [0.15, 0.2) is 0 Å². The predicted octanol–water partition coefficient (Wildman–Crippen LogP) is 0.153. The van der Waals surface area contributed by atoms with Crippen molar-refractivity contribution in [2.75, 3.05) is 14.1 Å². The first kappa shape index (κ1) is 12.1. The quantitative estimate of drug-likeness (QED) is 0.541. The van der Waals surface area contributed by atoms with Gasteiger partial charge in [0.1, 0.15) is 0 Å². The zero-order valence-corrected chi connectivity index (χ0v) is 7.07. The summed E-state index contributed by atoms with van der Waals surface area (Å²) in [7, 11) is 0.198. The first-order chi connectivity index (χ1) is 4.04. The van der Waals surface area contributed by atoms with E-state index in [9.17, 15) is 13.2 Å². The molecule has 0 rings (SSSR count). The van der Waals surface area contributed by atoms with Gasteiger partial charge in [-0.1, -0.05) is 4.36 Å². The summed E-state index contributed by atoms with van der Waals surface area (Å²) >= 11 is 0. The minimum atomic E-state index is -2.63. The van der Waals surface area contributed by atoms with E-state index in [1.165, 1.54) is 14.1 Å². The number of nitrogens with zero attached hydrogens (tertiary/aromatic N) is 2. The Morgan fingerprint density at radius 2 is 1.80 bits per heavy atom. The maximum atomic E-state index is 10.3. The molecule has 0 fully saturated rings. The third kappa shape index (κ3) is 5.52. The average molecular weight is 187 g/mol. The molecule has 0 aromatic heterocycles. The minimum absolute atomic E-state index is 0. The fourth-order valence-electron chi connectivity index (χ4n) is 0.145. The zero-order chi connectivity index (χ0) is 7.44. The van der Waals surface area contributed by atoms with Crippen molar-refractivity contribution in [3.05, 3.63) is 0 Å². The number of carbonyl (C=O) groups is 1. The molecule has 0 spiro atoms. The maximum absolute atomic E-state index is 10.3. The lowest BCUT2D eigenvalue weighted by molar-refractivity contribution is 0.227. The summed E-state index contributed by atoms with van der Waals surface area (Å²) < 4.78 is 22.1. The summed E-state index contributed by atoms with van der Waals surface area (Å²) in [5.41, 5.74) is 0. The standard InChI is InChI=1S/C3H6N2O3S.ClH/c1-5(2)3(6)4-9(7)8;/h1-2H3;1H. The third-order valence-electron chi connectivity index (χ3n) is 0.535. The highest BCUT2D eigenvalue weighted by molar-refractivity contribution is 7.62. The number of hydrogen-bond donors (Lipinski definition) is 0. The maximum Gasteiger partial charge on any atom is 0.358 e. The average Bonchev–Trinajstić information content (AvgIpc) is 1.63. The number of halogens is 1. The summed E-state index contributed by atoms with van der Waals surface area (Å²) in [5, 5.41) is 0. The normalized spacial score (nSPS) is 7.40. The van der Waals surface area contributed by atoms with E-state index in [4.69, 9.17) is 0 Å². The molecule has 5 nitrogen and oxygen atoms in total. The van der Waals surface area contributed by atoms with E-state index < -0.39 is 16.5 Å². The Kier molecular flexibility index (Phi) is 6.27. The highest BCUT2D eigenvalue weighted by Crippen LogP contribution is 1.80. The highest BCUT2D eigenvalue weighted by atomic mass is 35.5. The predicted molar refractivity (Wildman–Crippen MR) is 37.7 cm³/mol. The Balaban J connectivity index is 0. The van der Waals surface area contributed by atoms with Crippen LogP contribution < -0.4 is 0 Å². The molecule has 0 aliphatic carbocycles. The second kappa shape index (κ2) is 5.19. The van der Waals surface area contributed by atoms with Crippen molar-refractivity contribution in [1.82, 2.24) is 4.90 Å². The molecule has 0 aromatic carbocycles. The Bertz CT molecular complexity index is 224. The van der Waals surface area contributed by atoms with Gasteiger partial charge in [-0.05, 0) is 0 Å². The van der Waals surface area contributed by atoms with Gasteiger partial charge in [-0.15, -0.1) is 12.4 Å². The molecule has 0 unspecified atom stereocenters. The number of rotatable bonds is 0. The van der Waals surface area contributed by atoms with Crippen LogP contribution in [0.25, 0.3) is 0 Å². The second-order valence-corrected chi connectivity index (χ2v) is 2.10. The molecule has 7 heteroatoms. The van der Waals surface area contributed by atoms with E-state index in [1.807, 2.05) is 0 Å². The Labute approximate surface area is 66.1 Å². The Morgan fingerprint density at radius 1 is 1.40 bits per heavy atom. The van der Waals surface area contributed by atoms with Crippen molar-refractivity contribution in [3.63, 3.8) is 0 Å². The van der Waals surface area contributed by atoms with Gasteiger partial charge in [0.25, 0.3) is 0 Å². The van der Waals surface area contributed by atoms with Crippen LogP contribution in [0.3, 0.4) is 0 Å². The summed E-state index contributed by atoms with van der Waals surface area (Å²) in [6, 6.07) is -0.775. The molecule has 0 saturated heterocycles. The highest BCUT2D eigenvalue weighted by Gasteiger charge is 1.98. The van der Waals surface area contributed by atoms with E-state index >= 15 is 0 Å². The van der Waals surface area contributed by atoms with Crippen LogP contribution in [0.4, 0.5) is 4.79 Å². The Hall–Kier alpha value is -0.620. The van der Waals surface area contributed by atoms with Crippen molar-refractivity contribution in [2.45, 2.75) is 0 Å². The summed E-state index contributed by atoms with van der Waals surface area (Å²) in [5.74, 6) is 0. The van der Waals surface area contributed by atoms with Crippen LogP contribution in [0, 0.1) is 0 Å². The summed E-state index contributed by atoms with van der Waals surface area (Å²) in [4.78, 5) is 11.4. The molecule has 0 bridgehead atoms. The van der Waals surface area contributed by atoms with Crippen LogP contribution in [0.5, 0.6) is 0 Å². The van der Waals surface area contributed by atoms with Crippen molar-refractivity contribution in [3.8, 4) is 0 Å². The molecular formula is C3H7ClN2O3S. The van der Waals surface area contributed by atoms with Gasteiger partial charge in [-0.2, -0.15) is 8.42 Å². The van der Waals surface area contributed by atoms with Gasteiger partial charge in [-0.25, -0.2) is 4.79 Å². The molecule has 0 heterocycles. The number of urea groups is 1. The molecule has 2 amide bonds. The van der Waals surface area contributed by atoms with E-state index in [1.54, 1.807) is 0 Å². The first-order valence-electron chi connectivity index (χ1n) is 2.06. The van der Waals surface area contributed by atoms with Crippen molar-refractivity contribution in [2.24, 2.45) is 4.36 Å². The zero-order valence-electron chi connectivity index (χ0n) is 5.44. The SMILES string of the molecule is CN(C)C(=O)N=S(=O)=O.Cl. The van der Waals surface area contributed by atoms with Crippen LogP contribution in [0.1, 0.15) is 0 Å². The van der Waals surface area contributed by atoms with Gasteiger partial charge >= 0.3 is 16.5 Å². The lowest BCUT2D eigenvalue weighted by Gasteiger charge is -2.00. The van der Waals surface area contributed by atoms with Crippen LogP contribution in [-0.2, 0) is 10.5 Å². The molecule has 0 aliphatic heterocycles. The van der Waals surface area contributed by atoms with Crippen molar-refractivity contribution in [1.29, 1.82) is 0 Å². The van der Waals surface area contributed by atoms with Crippen molar-refractivity contribution >= 4 is 28.9 Å². The van der Waals surface area contributed by atoms with Crippen molar-refractivity contribution < 1.29 is 13.2 Å². The van der Waals surface area contributed by atoms with Crippen LogP contribution in [0.15, 0.2) is 4.36 Å². The molecule has 10 heavy (non-hydrogen) atoms. The lowest BCUT2D eigenvalue weighted by Crippen LogP contribution is -2.16. The number of carbonyl (C=O) groups excluding carboxylic acids is 1. The van der Waals surface area contributed by atoms with Gasteiger partial charge in [0.2, 0.25) is 0 Å². The first-order valence-corrected chi connectivity index (χ1v) is 3.09. The number of amides is 2. The van der Waals surface area contributed by atoms with Gasteiger partial charge in [0.05, 0.1) is 0 Å². The summed E-state index contributed by atoms with van der Waals surface area (Å²) in [6.45, 7) is 0. The third-order valence-corrected chi connectivity index (χ3v) is 0.840. The summed E-state index contributed by atoms with van der Waals surface area (Å²) in [6.07, 6.45) is 0. The molecule has 0 atom stereocenters. The Morgan fingerprint density at radius 3 is 1.90 bits per heavy atom. The topological polar surface area (TPSA) is 66.8 Å². The fraction of sp³-hybridized carbons (Fsp3) is 0.667. The fourth-order valence-corrected chi connectivity index (χ4v) is 0.436. The molecule has 60 valence electrons. The van der Waals surface area contributed by atoms with Crippen LogP contribution >= 0.6 is 12.4 Å². The van der Waals surface area contributed by atoms with E-state index in [-0.39, 0.29) is 12.4 Å². The molecule has 0 N–H and O–H groups in total. The molecule has 0 saturated carbocycles. The number of hydrogen-bond acceptors (Lipinski definition) is 3. The second-order valence-electron chi connectivity index (χ2n) is 1.49. The smallest absolute Gasteiger partial charge is 0.328 e. The largest absolute Gasteiger partial charge is 0.358 e. The van der Waals surface area contributed by atoms with Gasteiger partial charge in [0, 0.05) is 14.1 Å². The van der Waals surface area contributed by atoms with Crippen LogP contribution in [0.2, 0.25) is 0 Å².